The number of nitriles is 1. The fourth-order valence-corrected chi connectivity index (χ4v) is 2.75. The molecular weight excluding hydrogens is 328 g/mol. The maximum atomic E-state index is 9.66. The Balaban J connectivity index is 2.10. The Hall–Kier alpha value is -3.52. The molecule has 0 amide bonds. The first-order valence-corrected chi connectivity index (χ1v) is 7.97. The summed E-state index contributed by atoms with van der Waals surface area (Å²) in [4.78, 5) is 4.43. The standard InChI is InChI=1S/C21H18N2O3/c1-24-19-10-16(11-20(25-2)21(19)26-3)17(12-22)9-14-8-15-6-4-5-7-18(15)23-13-14/h4-11,13H,1-3H3. The Kier molecular flexibility index (Phi) is 5.04. The molecule has 0 atom stereocenters. The van der Waals surface area contributed by atoms with E-state index in [2.05, 4.69) is 11.1 Å². The van der Waals surface area contributed by atoms with Gasteiger partial charge < -0.3 is 14.2 Å². The summed E-state index contributed by atoms with van der Waals surface area (Å²) >= 11 is 0. The number of hydrogen-bond acceptors (Lipinski definition) is 5. The zero-order valence-corrected chi connectivity index (χ0v) is 14.8. The zero-order valence-electron chi connectivity index (χ0n) is 14.8. The van der Waals surface area contributed by atoms with E-state index in [4.69, 9.17) is 14.2 Å². The van der Waals surface area contributed by atoms with Gasteiger partial charge in [0.2, 0.25) is 5.75 Å². The van der Waals surface area contributed by atoms with Gasteiger partial charge in [0.05, 0.1) is 38.5 Å². The van der Waals surface area contributed by atoms with Gasteiger partial charge in [-0.2, -0.15) is 5.26 Å². The van der Waals surface area contributed by atoms with Gasteiger partial charge in [0.1, 0.15) is 0 Å². The Morgan fingerprint density at radius 1 is 1.00 bits per heavy atom. The van der Waals surface area contributed by atoms with Crippen LogP contribution in [0.1, 0.15) is 11.1 Å². The van der Waals surface area contributed by atoms with Gasteiger partial charge in [-0.3, -0.25) is 4.98 Å². The van der Waals surface area contributed by atoms with E-state index >= 15 is 0 Å². The van der Waals surface area contributed by atoms with Gasteiger partial charge >= 0.3 is 0 Å². The molecule has 1 aromatic heterocycles. The van der Waals surface area contributed by atoms with Crippen molar-refractivity contribution in [1.82, 2.24) is 4.98 Å². The van der Waals surface area contributed by atoms with Crippen LogP contribution in [0.15, 0.2) is 48.7 Å². The second kappa shape index (κ2) is 7.58. The van der Waals surface area contributed by atoms with Crippen LogP contribution in [0.5, 0.6) is 17.2 Å². The van der Waals surface area contributed by atoms with Crippen LogP contribution in [0.4, 0.5) is 0 Å². The van der Waals surface area contributed by atoms with Gasteiger partial charge in [-0.15, -0.1) is 0 Å². The highest BCUT2D eigenvalue weighted by atomic mass is 16.5. The Morgan fingerprint density at radius 2 is 1.69 bits per heavy atom. The molecule has 5 nitrogen and oxygen atoms in total. The number of allylic oxidation sites excluding steroid dienone is 1. The van der Waals surface area contributed by atoms with Crippen LogP contribution in [0.25, 0.3) is 22.6 Å². The van der Waals surface area contributed by atoms with Crippen molar-refractivity contribution < 1.29 is 14.2 Å². The van der Waals surface area contributed by atoms with Gasteiger partial charge in [-0.05, 0) is 41.5 Å². The summed E-state index contributed by atoms with van der Waals surface area (Å²) in [5.74, 6) is 1.49. The third-order valence-corrected chi connectivity index (χ3v) is 4.02. The second-order valence-corrected chi connectivity index (χ2v) is 5.55. The van der Waals surface area contributed by atoms with E-state index in [1.807, 2.05) is 30.3 Å². The highest BCUT2D eigenvalue weighted by molar-refractivity contribution is 5.92. The highest BCUT2D eigenvalue weighted by Crippen LogP contribution is 2.40. The molecule has 0 aliphatic rings. The SMILES string of the molecule is COc1cc(C(C#N)=Cc2cnc3ccccc3c2)cc(OC)c1OC. The van der Waals surface area contributed by atoms with E-state index in [0.29, 0.717) is 28.4 Å². The molecule has 130 valence electrons. The molecule has 1 heterocycles. The monoisotopic (exact) mass is 346 g/mol. The van der Waals surface area contributed by atoms with Gasteiger partial charge in [-0.25, -0.2) is 0 Å². The van der Waals surface area contributed by atoms with Crippen LogP contribution < -0.4 is 14.2 Å². The maximum absolute atomic E-state index is 9.66. The lowest BCUT2D eigenvalue weighted by Gasteiger charge is -2.13. The first-order chi connectivity index (χ1) is 12.7. The average molecular weight is 346 g/mol. The van der Waals surface area contributed by atoms with E-state index in [9.17, 15) is 5.26 Å². The molecule has 0 spiro atoms. The number of benzene rings is 2. The average Bonchev–Trinajstić information content (AvgIpc) is 2.70. The van der Waals surface area contributed by atoms with Crippen LogP contribution >= 0.6 is 0 Å². The Labute approximate surface area is 152 Å². The topological polar surface area (TPSA) is 64.4 Å². The van der Waals surface area contributed by atoms with Gasteiger partial charge in [0.25, 0.3) is 0 Å². The minimum Gasteiger partial charge on any atom is -0.493 e. The van der Waals surface area contributed by atoms with Crippen molar-refractivity contribution in [2.45, 2.75) is 0 Å². The van der Waals surface area contributed by atoms with Crippen molar-refractivity contribution in [1.29, 1.82) is 5.26 Å². The predicted octanol–water partition coefficient (Wildman–Crippen LogP) is 4.32. The number of nitrogens with zero attached hydrogens (tertiary/aromatic N) is 2. The maximum Gasteiger partial charge on any atom is 0.203 e. The van der Waals surface area contributed by atoms with Crippen LogP contribution in [0.3, 0.4) is 0 Å². The van der Waals surface area contributed by atoms with Crippen LogP contribution in [-0.4, -0.2) is 26.3 Å². The second-order valence-electron chi connectivity index (χ2n) is 5.55. The number of fused-ring (bicyclic) bond motifs is 1. The number of pyridine rings is 1. The predicted molar refractivity (Wildman–Crippen MR) is 101 cm³/mol. The van der Waals surface area contributed by atoms with E-state index < -0.39 is 0 Å². The van der Waals surface area contributed by atoms with Crippen LogP contribution in [-0.2, 0) is 0 Å². The molecule has 0 saturated heterocycles. The minimum atomic E-state index is 0.473. The van der Waals surface area contributed by atoms with Gasteiger partial charge in [0.15, 0.2) is 11.5 Å². The summed E-state index contributed by atoms with van der Waals surface area (Å²) in [5.41, 5.74) is 2.90. The molecule has 3 rings (SSSR count). The summed E-state index contributed by atoms with van der Waals surface area (Å²) < 4.78 is 16.1. The number of ether oxygens (including phenoxy) is 3. The molecule has 5 heteroatoms. The molecule has 0 unspecified atom stereocenters. The molecular formula is C21H18N2O3. The summed E-state index contributed by atoms with van der Waals surface area (Å²) in [6.07, 6.45) is 3.54. The summed E-state index contributed by atoms with van der Waals surface area (Å²) in [5, 5.41) is 10.7. The lowest BCUT2D eigenvalue weighted by molar-refractivity contribution is 0.324. The third-order valence-electron chi connectivity index (χ3n) is 4.02. The molecule has 0 saturated carbocycles. The van der Waals surface area contributed by atoms with Crippen molar-refractivity contribution in [3.05, 3.63) is 59.8 Å². The van der Waals surface area contributed by atoms with E-state index in [1.165, 1.54) is 0 Å². The summed E-state index contributed by atoms with van der Waals surface area (Å²) in [7, 11) is 4.63. The lowest BCUT2D eigenvalue weighted by Crippen LogP contribution is -1.96. The lowest BCUT2D eigenvalue weighted by atomic mass is 10.0. The quantitative estimate of drug-likeness (QED) is 0.644. The Morgan fingerprint density at radius 3 is 2.31 bits per heavy atom. The molecule has 2 aromatic carbocycles. The van der Waals surface area contributed by atoms with Gasteiger partial charge in [0, 0.05) is 11.6 Å². The fraction of sp³-hybridized carbons (Fsp3) is 0.143. The normalized spacial score (nSPS) is 11.1. The van der Waals surface area contributed by atoms with Crippen molar-refractivity contribution in [3.63, 3.8) is 0 Å². The van der Waals surface area contributed by atoms with E-state index in [0.717, 1.165) is 16.5 Å². The molecule has 0 radical (unpaired) electrons. The van der Waals surface area contributed by atoms with Crippen molar-refractivity contribution in [3.8, 4) is 23.3 Å². The molecule has 0 aliphatic heterocycles. The summed E-state index contributed by atoms with van der Waals surface area (Å²) in [6, 6.07) is 15.6. The van der Waals surface area contributed by atoms with Crippen molar-refractivity contribution >= 4 is 22.6 Å². The van der Waals surface area contributed by atoms with E-state index in [1.54, 1.807) is 45.7 Å². The number of aromatic nitrogens is 1. The fourth-order valence-electron chi connectivity index (χ4n) is 2.75. The first-order valence-electron chi connectivity index (χ1n) is 7.97. The summed E-state index contributed by atoms with van der Waals surface area (Å²) in [6.45, 7) is 0. The molecule has 0 aliphatic carbocycles. The van der Waals surface area contributed by atoms with Crippen molar-refractivity contribution in [2.24, 2.45) is 0 Å². The first kappa shape index (κ1) is 17.3. The molecule has 0 bridgehead atoms. The molecule has 0 fully saturated rings. The molecule has 0 N–H and O–H groups in total. The van der Waals surface area contributed by atoms with Gasteiger partial charge in [-0.1, -0.05) is 18.2 Å². The largest absolute Gasteiger partial charge is 0.493 e. The minimum absolute atomic E-state index is 0.473. The zero-order chi connectivity index (χ0) is 18.5. The Bertz CT molecular complexity index is 994. The smallest absolute Gasteiger partial charge is 0.203 e. The number of methoxy groups -OCH3 is 3. The highest BCUT2D eigenvalue weighted by Gasteiger charge is 2.15. The van der Waals surface area contributed by atoms with Crippen molar-refractivity contribution in [2.75, 3.05) is 21.3 Å². The third kappa shape index (κ3) is 3.31. The molecule has 3 aromatic rings. The number of para-hydroxylation sites is 1. The number of rotatable bonds is 5. The van der Waals surface area contributed by atoms with Crippen LogP contribution in [0, 0.1) is 11.3 Å². The number of hydrogen-bond donors (Lipinski definition) is 0. The van der Waals surface area contributed by atoms with Crippen LogP contribution in [0.2, 0.25) is 0 Å². The molecule has 26 heavy (non-hydrogen) atoms. The van der Waals surface area contributed by atoms with E-state index in [-0.39, 0.29) is 0 Å².